The van der Waals surface area contributed by atoms with Gasteiger partial charge in [0.25, 0.3) is 0 Å². The Balaban J connectivity index is 1.72. The van der Waals surface area contributed by atoms with Crippen molar-refractivity contribution in [2.24, 2.45) is 5.92 Å². The average molecular weight is 328 g/mol. The maximum absolute atomic E-state index is 6.05. The number of rotatable bonds is 4. The average Bonchev–Trinajstić information content (AvgIpc) is 3.39. The van der Waals surface area contributed by atoms with Crippen molar-refractivity contribution in [2.45, 2.75) is 39.2 Å². The molecule has 0 saturated heterocycles. The van der Waals surface area contributed by atoms with Crippen LogP contribution in [0.4, 0.5) is 0 Å². The smallest absolute Gasteiger partial charge is 0.129 e. The van der Waals surface area contributed by atoms with Crippen molar-refractivity contribution in [1.29, 1.82) is 0 Å². The minimum absolute atomic E-state index is 0.766. The molecule has 1 aliphatic carbocycles. The quantitative estimate of drug-likeness (QED) is 0.845. The van der Waals surface area contributed by atoms with Gasteiger partial charge in [-0.2, -0.15) is 0 Å². The molecule has 4 heteroatoms. The fraction of sp³-hybridized carbons (Fsp3) is 0.474. The van der Waals surface area contributed by atoms with E-state index in [2.05, 4.69) is 24.0 Å². The Labute approximate surface area is 142 Å². The number of aryl methyl sites for hydroxylation is 1. The molecule has 3 nitrogen and oxygen atoms in total. The van der Waals surface area contributed by atoms with E-state index < -0.39 is 0 Å². The molecule has 23 heavy (non-hydrogen) atoms. The second kappa shape index (κ2) is 6.21. The first-order chi connectivity index (χ1) is 11.2. The van der Waals surface area contributed by atoms with E-state index in [1.807, 2.05) is 12.1 Å². The van der Waals surface area contributed by atoms with Crippen molar-refractivity contribution in [3.05, 3.63) is 46.4 Å². The van der Waals surface area contributed by atoms with Crippen LogP contribution in [0.5, 0.6) is 0 Å². The minimum atomic E-state index is 0.766. The van der Waals surface area contributed by atoms with Crippen molar-refractivity contribution in [2.75, 3.05) is 13.1 Å². The lowest BCUT2D eigenvalue weighted by Crippen LogP contribution is -2.33. The second-order valence-electron chi connectivity index (χ2n) is 6.70. The monoisotopic (exact) mass is 327 g/mol. The van der Waals surface area contributed by atoms with Crippen LogP contribution in [0.2, 0.25) is 5.02 Å². The van der Waals surface area contributed by atoms with Gasteiger partial charge in [-0.3, -0.25) is 4.90 Å². The summed E-state index contributed by atoms with van der Waals surface area (Å²) in [4.78, 5) is 12.2. The van der Waals surface area contributed by atoms with Crippen LogP contribution in [0.3, 0.4) is 0 Å². The van der Waals surface area contributed by atoms with Gasteiger partial charge in [0, 0.05) is 48.6 Å². The van der Waals surface area contributed by atoms with Crippen molar-refractivity contribution in [1.82, 2.24) is 14.9 Å². The first-order valence-corrected chi connectivity index (χ1v) is 8.97. The maximum atomic E-state index is 6.05. The van der Waals surface area contributed by atoms with E-state index in [0.29, 0.717) is 0 Å². The van der Waals surface area contributed by atoms with Crippen LogP contribution < -0.4 is 0 Å². The molecule has 0 bridgehead atoms. The Morgan fingerprint density at radius 1 is 1.17 bits per heavy atom. The number of hydrogen-bond donors (Lipinski definition) is 0. The second-order valence-corrected chi connectivity index (χ2v) is 7.14. The maximum Gasteiger partial charge on any atom is 0.129 e. The summed E-state index contributed by atoms with van der Waals surface area (Å²) in [5.74, 6) is 1.87. The third-order valence-corrected chi connectivity index (χ3v) is 5.08. The molecular formula is C19H22ClN3. The molecule has 1 aliphatic heterocycles. The van der Waals surface area contributed by atoms with Gasteiger partial charge in [-0.05, 0) is 30.9 Å². The van der Waals surface area contributed by atoms with Gasteiger partial charge in [0.1, 0.15) is 5.82 Å². The molecule has 0 unspecified atom stereocenters. The minimum Gasteiger partial charge on any atom is -0.298 e. The first-order valence-electron chi connectivity index (χ1n) is 8.60. The van der Waals surface area contributed by atoms with E-state index >= 15 is 0 Å². The third kappa shape index (κ3) is 3.26. The molecule has 2 aliphatic rings. The first kappa shape index (κ1) is 15.1. The predicted octanol–water partition coefficient (Wildman–Crippen LogP) is 4.13. The summed E-state index contributed by atoms with van der Waals surface area (Å²) in [7, 11) is 0. The van der Waals surface area contributed by atoms with Crippen LogP contribution in [0.1, 0.15) is 36.8 Å². The van der Waals surface area contributed by atoms with Crippen LogP contribution in [0.25, 0.3) is 11.3 Å². The predicted molar refractivity (Wildman–Crippen MR) is 93.6 cm³/mol. The van der Waals surface area contributed by atoms with Gasteiger partial charge in [0.05, 0.1) is 11.4 Å². The molecule has 0 atom stereocenters. The zero-order chi connectivity index (χ0) is 15.8. The Morgan fingerprint density at radius 2 is 1.96 bits per heavy atom. The standard InChI is InChI=1S/C19H22ClN3/c1-2-18-21-17-9-10-23(11-13-3-4-13)12-16(17)19(22-18)14-5-7-15(20)8-6-14/h5-8,13H,2-4,9-12H2,1H3. The van der Waals surface area contributed by atoms with Gasteiger partial charge in [-0.15, -0.1) is 0 Å². The van der Waals surface area contributed by atoms with E-state index in [1.165, 1.54) is 30.6 Å². The highest BCUT2D eigenvalue weighted by Gasteiger charge is 2.28. The lowest BCUT2D eigenvalue weighted by Gasteiger charge is -2.29. The number of aromatic nitrogens is 2. The van der Waals surface area contributed by atoms with Crippen LogP contribution >= 0.6 is 11.6 Å². The number of fused-ring (bicyclic) bond motifs is 1. The molecule has 0 spiro atoms. The fourth-order valence-electron chi connectivity index (χ4n) is 3.35. The van der Waals surface area contributed by atoms with Crippen molar-refractivity contribution < 1.29 is 0 Å². The molecule has 2 heterocycles. The van der Waals surface area contributed by atoms with Gasteiger partial charge in [-0.25, -0.2) is 9.97 Å². The van der Waals surface area contributed by atoms with Crippen LogP contribution in [-0.4, -0.2) is 28.0 Å². The van der Waals surface area contributed by atoms with Crippen molar-refractivity contribution in [3.8, 4) is 11.3 Å². The van der Waals surface area contributed by atoms with Gasteiger partial charge < -0.3 is 0 Å². The Morgan fingerprint density at radius 3 is 2.65 bits per heavy atom. The Bertz CT molecular complexity index is 707. The summed E-state index contributed by atoms with van der Waals surface area (Å²) in [5.41, 5.74) is 4.81. The van der Waals surface area contributed by atoms with Gasteiger partial charge in [0.2, 0.25) is 0 Å². The molecular weight excluding hydrogens is 306 g/mol. The highest BCUT2D eigenvalue weighted by atomic mass is 35.5. The molecule has 120 valence electrons. The molecule has 0 amide bonds. The summed E-state index contributed by atoms with van der Waals surface area (Å²) < 4.78 is 0. The van der Waals surface area contributed by atoms with E-state index in [-0.39, 0.29) is 0 Å². The lowest BCUT2D eigenvalue weighted by molar-refractivity contribution is 0.241. The summed E-state index contributed by atoms with van der Waals surface area (Å²) >= 11 is 6.05. The van der Waals surface area contributed by atoms with Crippen molar-refractivity contribution in [3.63, 3.8) is 0 Å². The van der Waals surface area contributed by atoms with Crippen LogP contribution in [-0.2, 0) is 19.4 Å². The highest BCUT2D eigenvalue weighted by molar-refractivity contribution is 6.30. The third-order valence-electron chi connectivity index (χ3n) is 4.83. The summed E-state index contributed by atoms with van der Waals surface area (Å²) in [5, 5.41) is 0.766. The molecule has 0 radical (unpaired) electrons. The van der Waals surface area contributed by atoms with E-state index in [9.17, 15) is 0 Å². The number of benzene rings is 1. The molecule has 2 aromatic rings. The lowest BCUT2D eigenvalue weighted by atomic mass is 9.98. The normalized spacial score (nSPS) is 18.0. The van der Waals surface area contributed by atoms with E-state index in [0.717, 1.165) is 54.0 Å². The van der Waals surface area contributed by atoms with Gasteiger partial charge in [-0.1, -0.05) is 30.7 Å². The van der Waals surface area contributed by atoms with Crippen molar-refractivity contribution >= 4 is 11.6 Å². The van der Waals surface area contributed by atoms with E-state index in [1.54, 1.807) is 0 Å². The van der Waals surface area contributed by atoms with E-state index in [4.69, 9.17) is 21.6 Å². The number of nitrogens with zero attached hydrogens (tertiary/aromatic N) is 3. The molecule has 1 aromatic carbocycles. The highest BCUT2D eigenvalue weighted by Crippen LogP contribution is 2.33. The van der Waals surface area contributed by atoms with Gasteiger partial charge >= 0.3 is 0 Å². The zero-order valence-corrected chi connectivity index (χ0v) is 14.3. The molecule has 1 aromatic heterocycles. The Kier molecular flexibility index (Phi) is 4.08. The van der Waals surface area contributed by atoms with Crippen LogP contribution in [0, 0.1) is 5.92 Å². The number of hydrogen-bond acceptors (Lipinski definition) is 3. The Hall–Kier alpha value is -1.45. The molecule has 1 saturated carbocycles. The van der Waals surface area contributed by atoms with Crippen LogP contribution in [0.15, 0.2) is 24.3 Å². The summed E-state index contributed by atoms with van der Waals surface area (Å²) in [6.45, 7) is 5.46. The SMILES string of the molecule is CCc1nc2c(c(-c3ccc(Cl)cc3)n1)CN(CC1CC1)CC2. The van der Waals surface area contributed by atoms with Gasteiger partial charge in [0.15, 0.2) is 0 Å². The largest absolute Gasteiger partial charge is 0.298 e. The summed E-state index contributed by atoms with van der Waals surface area (Å²) in [6.07, 6.45) is 4.72. The fourth-order valence-corrected chi connectivity index (χ4v) is 3.47. The topological polar surface area (TPSA) is 29.0 Å². The number of halogens is 1. The molecule has 4 rings (SSSR count). The molecule has 0 N–H and O–H groups in total. The zero-order valence-electron chi connectivity index (χ0n) is 13.6. The summed E-state index contributed by atoms with van der Waals surface area (Å²) in [6, 6.07) is 8.04. The molecule has 1 fully saturated rings.